The first-order valence-corrected chi connectivity index (χ1v) is 4.81. The van der Waals surface area contributed by atoms with Gasteiger partial charge in [-0.15, -0.1) is 0 Å². The van der Waals surface area contributed by atoms with Crippen LogP contribution in [0.2, 0.25) is 0 Å². The van der Waals surface area contributed by atoms with Gasteiger partial charge in [-0.3, -0.25) is 4.79 Å². The van der Waals surface area contributed by atoms with E-state index in [2.05, 4.69) is 22.7 Å². The average molecular weight is 224 g/mol. The average Bonchev–Trinajstić information content (AvgIpc) is 2.29. The molecule has 0 atom stereocenters. The third kappa shape index (κ3) is 3.28. The molecule has 79 valence electrons. The van der Waals surface area contributed by atoms with Crippen LogP contribution in [0.3, 0.4) is 0 Å². The Morgan fingerprint density at radius 1 is 1.33 bits per heavy atom. The van der Waals surface area contributed by atoms with E-state index < -0.39 is 5.97 Å². The van der Waals surface area contributed by atoms with Gasteiger partial charge in [0.25, 0.3) is 0 Å². The number of amides is 1. The first kappa shape index (κ1) is 11.6. The van der Waals surface area contributed by atoms with Crippen molar-refractivity contribution in [2.24, 2.45) is 0 Å². The number of carbonyl (C=O) groups excluding carboxylic acids is 2. The summed E-state index contributed by atoms with van der Waals surface area (Å²) in [7, 11) is 1.31. The molecule has 0 aliphatic heterocycles. The number of methoxy groups -OCH3 is 1. The van der Waals surface area contributed by atoms with Gasteiger partial charge in [0.2, 0.25) is 5.91 Å². The molecule has 0 bridgehead atoms. The van der Waals surface area contributed by atoms with E-state index >= 15 is 0 Å². The Morgan fingerprint density at radius 2 is 1.93 bits per heavy atom. The summed E-state index contributed by atoms with van der Waals surface area (Å²) in [4.78, 5) is 22.0. The topological polar surface area (TPSA) is 55.4 Å². The molecule has 15 heavy (non-hydrogen) atoms. The molecule has 0 heterocycles. The van der Waals surface area contributed by atoms with Gasteiger partial charge < -0.3 is 10.1 Å². The summed E-state index contributed by atoms with van der Waals surface area (Å²) in [6, 6.07) is 6.39. The summed E-state index contributed by atoms with van der Waals surface area (Å²) < 4.78 is 4.54. The fourth-order valence-electron chi connectivity index (χ4n) is 1.00. The Labute approximate surface area is 93.0 Å². The van der Waals surface area contributed by atoms with Crippen LogP contribution in [0.1, 0.15) is 10.4 Å². The zero-order valence-electron chi connectivity index (χ0n) is 8.15. The van der Waals surface area contributed by atoms with Crippen molar-refractivity contribution in [3.63, 3.8) is 0 Å². The lowest BCUT2D eigenvalue weighted by Gasteiger charge is -2.03. The van der Waals surface area contributed by atoms with E-state index in [9.17, 15) is 9.59 Å². The van der Waals surface area contributed by atoms with Gasteiger partial charge in [-0.05, 0) is 24.3 Å². The predicted molar refractivity (Wildman–Crippen MR) is 58.9 cm³/mol. The van der Waals surface area contributed by atoms with Crippen LogP contribution in [0.15, 0.2) is 24.3 Å². The minimum Gasteiger partial charge on any atom is -0.465 e. The Hall–Kier alpha value is -1.49. The molecule has 5 heteroatoms. The maximum Gasteiger partial charge on any atom is 0.337 e. The lowest BCUT2D eigenvalue weighted by Crippen LogP contribution is -2.12. The van der Waals surface area contributed by atoms with Gasteiger partial charge in [0.15, 0.2) is 0 Å². The van der Waals surface area contributed by atoms with Gasteiger partial charge in [-0.1, -0.05) is 12.6 Å². The fraction of sp³-hybridized carbons (Fsp3) is 0.200. The molecule has 0 aromatic heterocycles. The number of hydrogen-bond acceptors (Lipinski definition) is 3. The highest BCUT2D eigenvalue weighted by Crippen LogP contribution is 2.10. The summed E-state index contributed by atoms with van der Waals surface area (Å²) >= 11 is 4.57. The van der Waals surface area contributed by atoms with Crippen molar-refractivity contribution in [3.05, 3.63) is 29.8 Å². The second kappa shape index (κ2) is 5.41. The minimum atomic E-state index is -0.406. The van der Waals surface area contributed by atoms with Crippen molar-refractivity contribution in [1.82, 2.24) is 0 Å². The number of carbonyl (C=O) groups is 2. The van der Waals surface area contributed by atoms with Crippen LogP contribution in [-0.4, -0.2) is 24.7 Å². The molecule has 0 aliphatic carbocycles. The lowest BCUT2D eigenvalue weighted by molar-refractivity contribution is -0.113. The van der Waals surface area contributed by atoms with Crippen molar-refractivity contribution < 1.29 is 14.3 Å². The van der Waals surface area contributed by atoms with Crippen LogP contribution in [0, 0.1) is 0 Å². The van der Waals surface area contributed by atoms with Crippen molar-refractivity contribution >= 4 is 30.2 Å². The molecule has 1 amide bonds. The molecule has 0 aliphatic rings. The van der Waals surface area contributed by atoms with Gasteiger partial charge >= 0.3 is 5.97 Å². The van der Waals surface area contributed by atoms with Crippen LogP contribution in [-0.2, 0) is 9.53 Å². The zero-order chi connectivity index (χ0) is 11.3. The van der Waals surface area contributed by atoms with Crippen molar-refractivity contribution in [2.45, 2.75) is 0 Å². The molecule has 1 rings (SSSR count). The molecule has 0 saturated carbocycles. The standard InChI is InChI=1S/C10H10NO3S/c1-14-10(13)7-2-4-8(5-3-7)11-9(12)6-15/h2-5H,6H2,1H3,(H,11,12). The van der Waals surface area contributed by atoms with Crippen LogP contribution in [0.25, 0.3) is 0 Å². The second-order valence-corrected chi connectivity index (χ2v) is 3.05. The van der Waals surface area contributed by atoms with Crippen molar-refractivity contribution in [3.8, 4) is 0 Å². The molecule has 0 unspecified atom stereocenters. The number of benzene rings is 1. The molecular formula is C10H10NO3S. The summed E-state index contributed by atoms with van der Waals surface area (Å²) in [5, 5.41) is 2.58. The van der Waals surface area contributed by atoms with E-state index in [0.717, 1.165) is 0 Å². The number of rotatable bonds is 3. The van der Waals surface area contributed by atoms with Crippen molar-refractivity contribution in [2.75, 3.05) is 18.2 Å². The lowest BCUT2D eigenvalue weighted by atomic mass is 10.2. The summed E-state index contributed by atoms with van der Waals surface area (Å²) in [6.45, 7) is 0. The number of ether oxygens (including phenoxy) is 1. The number of esters is 1. The van der Waals surface area contributed by atoms with Gasteiger partial charge in [-0.2, -0.15) is 0 Å². The van der Waals surface area contributed by atoms with Crippen LogP contribution >= 0.6 is 12.6 Å². The highest BCUT2D eigenvalue weighted by Gasteiger charge is 2.05. The number of hydrogen-bond donors (Lipinski definition) is 1. The molecule has 4 nitrogen and oxygen atoms in total. The first-order chi connectivity index (χ1) is 7.17. The summed E-state index contributed by atoms with van der Waals surface area (Å²) in [5.74, 6) is -0.634. The Balaban J connectivity index is 2.72. The van der Waals surface area contributed by atoms with Gasteiger partial charge in [0.1, 0.15) is 0 Å². The maximum absolute atomic E-state index is 11.1. The second-order valence-electron chi connectivity index (χ2n) is 2.76. The molecule has 0 fully saturated rings. The van der Waals surface area contributed by atoms with E-state index in [4.69, 9.17) is 0 Å². The van der Waals surface area contributed by atoms with E-state index in [0.29, 0.717) is 11.3 Å². The first-order valence-electron chi connectivity index (χ1n) is 4.23. The van der Waals surface area contributed by atoms with Crippen molar-refractivity contribution in [1.29, 1.82) is 0 Å². The van der Waals surface area contributed by atoms with Crippen LogP contribution in [0.5, 0.6) is 0 Å². The third-order valence-electron chi connectivity index (χ3n) is 1.72. The Morgan fingerprint density at radius 3 is 2.40 bits per heavy atom. The monoisotopic (exact) mass is 224 g/mol. The minimum absolute atomic E-state index is 0.0127. The molecule has 1 radical (unpaired) electrons. The molecule has 0 spiro atoms. The van der Waals surface area contributed by atoms with E-state index in [1.807, 2.05) is 0 Å². The molecular weight excluding hydrogens is 214 g/mol. The highest BCUT2D eigenvalue weighted by atomic mass is 32.1. The third-order valence-corrected chi connectivity index (χ3v) is 1.98. The van der Waals surface area contributed by atoms with Gasteiger partial charge in [-0.25, -0.2) is 4.79 Å². The quantitative estimate of drug-likeness (QED) is 0.793. The number of nitrogens with one attached hydrogen (secondary N) is 1. The number of anilines is 1. The molecule has 1 N–H and O–H groups in total. The molecule has 1 aromatic rings. The smallest absolute Gasteiger partial charge is 0.337 e. The Bertz CT molecular complexity index is 361. The van der Waals surface area contributed by atoms with Gasteiger partial charge in [0.05, 0.1) is 18.4 Å². The summed E-state index contributed by atoms with van der Waals surface area (Å²) in [5.41, 5.74) is 1.05. The van der Waals surface area contributed by atoms with E-state index in [-0.39, 0.29) is 11.7 Å². The van der Waals surface area contributed by atoms with E-state index in [1.165, 1.54) is 7.11 Å². The van der Waals surface area contributed by atoms with Gasteiger partial charge in [0, 0.05) is 5.69 Å². The van der Waals surface area contributed by atoms with Crippen LogP contribution in [0.4, 0.5) is 5.69 Å². The van der Waals surface area contributed by atoms with E-state index in [1.54, 1.807) is 24.3 Å². The Kier molecular flexibility index (Phi) is 4.17. The summed E-state index contributed by atoms with van der Waals surface area (Å²) in [6.07, 6.45) is 0. The largest absolute Gasteiger partial charge is 0.465 e. The molecule has 1 aromatic carbocycles. The maximum atomic E-state index is 11.1. The highest BCUT2D eigenvalue weighted by molar-refractivity contribution is 7.81. The molecule has 0 saturated heterocycles. The SMILES string of the molecule is COC(=O)c1ccc(NC(=O)C[S])cc1. The zero-order valence-corrected chi connectivity index (χ0v) is 8.97. The normalized spacial score (nSPS) is 9.47. The fourth-order valence-corrected chi connectivity index (χ4v) is 1.08. The van der Waals surface area contributed by atoms with Crippen LogP contribution < -0.4 is 5.32 Å². The predicted octanol–water partition coefficient (Wildman–Crippen LogP) is 1.61.